The first-order valence-corrected chi connectivity index (χ1v) is 6.93. The maximum absolute atomic E-state index is 12.0. The van der Waals surface area contributed by atoms with E-state index in [1.165, 1.54) is 0 Å². The molecule has 0 saturated heterocycles. The minimum atomic E-state index is -0.400. The third-order valence-electron chi connectivity index (χ3n) is 3.26. The van der Waals surface area contributed by atoms with Crippen LogP contribution in [0.4, 0.5) is 0 Å². The molecule has 2 aromatic rings. The number of carbonyl (C=O) groups excluding carboxylic acids is 1. The smallest absolute Gasteiger partial charge is 0.376 e. The summed E-state index contributed by atoms with van der Waals surface area (Å²) in [7, 11) is 0. The molecular weight excluding hydrogens is 254 g/mol. The zero-order valence-electron chi connectivity index (χ0n) is 11.5. The lowest BCUT2D eigenvalue weighted by Gasteiger charge is -2.05. The van der Waals surface area contributed by atoms with Crippen LogP contribution in [0.15, 0.2) is 30.3 Å². The van der Waals surface area contributed by atoms with Crippen molar-refractivity contribution in [3.8, 4) is 0 Å². The monoisotopic (exact) mass is 271 g/mol. The maximum Gasteiger partial charge on any atom is 0.376 e. The first-order chi connectivity index (χ1) is 9.78. The van der Waals surface area contributed by atoms with Gasteiger partial charge in [-0.2, -0.15) is 5.10 Å². The SMILES string of the molecule is CCOC(=O)c1nc(C2CC2)nn1Cc1ccccc1. The van der Waals surface area contributed by atoms with E-state index in [0.29, 0.717) is 24.9 Å². The molecule has 0 spiro atoms. The molecule has 5 heteroatoms. The maximum atomic E-state index is 12.0. The number of aromatic nitrogens is 3. The summed E-state index contributed by atoms with van der Waals surface area (Å²) < 4.78 is 6.71. The topological polar surface area (TPSA) is 57.0 Å². The summed E-state index contributed by atoms with van der Waals surface area (Å²) in [5.74, 6) is 1.09. The molecule has 1 aromatic carbocycles. The summed E-state index contributed by atoms with van der Waals surface area (Å²) in [5, 5.41) is 4.48. The van der Waals surface area contributed by atoms with Crippen molar-refractivity contribution < 1.29 is 9.53 Å². The van der Waals surface area contributed by atoms with Gasteiger partial charge in [0, 0.05) is 5.92 Å². The van der Waals surface area contributed by atoms with Gasteiger partial charge < -0.3 is 4.74 Å². The van der Waals surface area contributed by atoms with Crippen LogP contribution in [-0.2, 0) is 11.3 Å². The lowest BCUT2D eigenvalue weighted by molar-refractivity contribution is 0.0505. The Hall–Kier alpha value is -2.17. The Balaban J connectivity index is 1.89. The van der Waals surface area contributed by atoms with E-state index in [1.807, 2.05) is 30.3 Å². The fraction of sp³-hybridized carbons (Fsp3) is 0.400. The van der Waals surface area contributed by atoms with Gasteiger partial charge in [-0.1, -0.05) is 30.3 Å². The molecule has 3 rings (SSSR count). The third kappa shape index (κ3) is 2.71. The van der Waals surface area contributed by atoms with E-state index >= 15 is 0 Å². The number of nitrogens with zero attached hydrogens (tertiary/aromatic N) is 3. The van der Waals surface area contributed by atoms with Crippen molar-refractivity contribution in [2.45, 2.75) is 32.2 Å². The lowest BCUT2D eigenvalue weighted by Crippen LogP contribution is -2.15. The molecule has 0 atom stereocenters. The first-order valence-electron chi connectivity index (χ1n) is 6.93. The molecule has 0 amide bonds. The minimum absolute atomic E-state index is 0.303. The normalized spacial score (nSPS) is 14.2. The van der Waals surface area contributed by atoms with Gasteiger partial charge >= 0.3 is 5.97 Å². The Labute approximate surface area is 117 Å². The quantitative estimate of drug-likeness (QED) is 0.783. The van der Waals surface area contributed by atoms with Gasteiger partial charge in [0.05, 0.1) is 13.2 Å². The average Bonchev–Trinajstić information content (AvgIpc) is 3.22. The zero-order valence-corrected chi connectivity index (χ0v) is 11.5. The fourth-order valence-electron chi connectivity index (χ4n) is 2.09. The average molecular weight is 271 g/mol. The second-order valence-electron chi connectivity index (χ2n) is 4.93. The van der Waals surface area contributed by atoms with Crippen LogP contribution in [0, 0.1) is 0 Å². The van der Waals surface area contributed by atoms with Gasteiger partial charge in [-0.3, -0.25) is 0 Å². The van der Waals surface area contributed by atoms with Crippen molar-refractivity contribution >= 4 is 5.97 Å². The van der Waals surface area contributed by atoms with Crippen molar-refractivity contribution in [1.29, 1.82) is 0 Å². The third-order valence-corrected chi connectivity index (χ3v) is 3.26. The number of esters is 1. The molecule has 0 unspecified atom stereocenters. The number of carbonyl (C=O) groups is 1. The van der Waals surface area contributed by atoms with Gasteiger partial charge in [0.1, 0.15) is 0 Å². The Morgan fingerprint density at radius 1 is 1.35 bits per heavy atom. The number of benzene rings is 1. The summed E-state index contributed by atoms with van der Waals surface area (Å²) in [6.07, 6.45) is 2.22. The van der Waals surface area contributed by atoms with Crippen LogP contribution in [0.1, 0.15) is 47.7 Å². The van der Waals surface area contributed by atoms with Gasteiger partial charge in [0.25, 0.3) is 0 Å². The molecule has 0 radical (unpaired) electrons. The zero-order chi connectivity index (χ0) is 13.9. The molecule has 1 aromatic heterocycles. The summed E-state index contributed by atoms with van der Waals surface area (Å²) >= 11 is 0. The Morgan fingerprint density at radius 3 is 2.75 bits per heavy atom. The van der Waals surface area contributed by atoms with E-state index in [0.717, 1.165) is 24.2 Å². The van der Waals surface area contributed by atoms with E-state index in [-0.39, 0.29) is 0 Å². The molecule has 0 aliphatic heterocycles. The molecule has 1 aliphatic rings. The van der Waals surface area contributed by atoms with E-state index in [1.54, 1.807) is 11.6 Å². The summed E-state index contributed by atoms with van der Waals surface area (Å²) in [6.45, 7) is 2.67. The van der Waals surface area contributed by atoms with Crippen molar-refractivity contribution in [3.63, 3.8) is 0 Å². The Morgan fingerprint density at radius 2 is 2.10 bits per heavy atom. The van der Waals surface area contributed by atoms with E-state index in [9.17, 15) is 4.79 Å². The second kappa shape index (κ2) is 5.45. The van der Waals surface area contributed by atoms with Crippen molar-refractivity contribution in [3.05, 3.63) is 47.5 Å². The molecule has 1 saturated carbocycles. The highest BCUT2D eigenvalue weighted by molar-refractivity contribution is 5.85. The fourth-order valence-corrected chi connectivity index (χ4v) is 2.09. The van der Waals surface area contributed by atoms with Gasteiger partial charge in [-0.25, -0.2) is 14.5 Å². The number of hydrogen-bond acceptors (Lipinski definition) is 4. The van der Waals surface area contributed by atoms with Crippen LogP contribution >= 0.6 is 0 Å². The molecule has 20 heavy (non-hydrogen) atoms. The van der Waals surface area contributed by atoms with Gasteiger partial charge in [0.15, 0.2) is 5.82 Å². The Kier molecular flexibility index (Phi) is 3.50. The van der Waals surface area contributed by atoms with Crippen LogP contribution in [0.25, 0.3) is 0 Å². The van der Waals surface area contributed by atoms with Crippen LogP contribution in [0.3, 0.4) is 0 Å². The molecule has 1 fully saturated rings. The van der Waals surface area contributed by atoms with Crippen molar-refractivity contribution in [2.75, 3.05) is 6.61 Å². The van der Waals surface area contributed by atoms with E-state index in [4.69, 9.17) is 4.74 Å². The molecule has 0 N–H and O–H groups in total. The van der Waals surface area contributed by atoms with Gasteiger partial charge in [-0.05, 0) is 25.3 Å². The highest BCUT2D eigenvalue weighted by Gasteiger charge is 2.30. The van der Waals surface area contributed by atoms with Crippen molar-refractivity contribution in [2.24, 2.45) is 0 Å². The van der Waals surface area contributed by atoms with E-state index in [2.05, 4.69) is 10.1 Å². The first kappa shape index (κ1) is 12.8. The summed E-state index contributed by atoms with van der Waals surface area (Å²) in [4.78, 5) is 16.3. The van der Waals surface area contributed by atoms with Crippen LogP contribution in [0.5, 0.6) is 0 Å². The van der Waals surface area contributed by atoms with Crippen LogP contribution in [0.2, 0.25) is 0 Å². The van der Waals surface area contributed by atoms with E-state index < -0.39 is 5.97 Å². The lowest BCUT2D eigenvalue weighted by atomic mass is 10.2. The Bertz CT molecular complexity index is 603. The highest BCUT2D eigenvalue weighted by atomic mass is 16.5. The predicted octanol–water partition coefficient (Wildman–Crippen LogP) is 2.38. The van der Waals surface area contributed by atoms with Crippen LogP contribution < -0.4 is 0 Å². The van der Waals surface area contributed by atoms with Gasteiger partial charge in [-0.15, -0.1) is 0 Å². The number of hydrogen-bond donors (Lipinski definition) is 0. The molecule has 1 aliphatic carbocycles. The van der Waals surface area contributed by atoms with Crippen LogP contribution in [-0.4, -0.2) is 27.3 Å². The molecule has 1 heterocycles. The van der Waals surface area contributed by atoms with Gasteiger partial charge in [0.2, 0.25) is 5.82 Å². The second-order valence-corrected chi connectivity index (χ2v) is 4.93. The standard InChI is InChI=1S/C15H17N3O2/c1-2-20-15(19)14-16-13(12-8-9-12)17-18(14)10-11-6-4-3-5-7-11/h3-7,12H,2,8-10H2,1H3. The molecule has 0 bridgehead atoms. The van der Waals surface area contributed by atoms with Crippen molar-refractivity contribution in [1.82, 2.24) is 14.8 Å². The number of ether oxygens (including phenoxy) is 1. The molecule has 104 valence electrons. The largest absolute Gasteiger partial charge is 0.460 e. The predicted molar refractivity (Wildman–Crippen MR) is 73.5 cm³/mol. The minimum Gasteiger partial charge on any atom is -0.460 e. The molecular formula is C15H17N3O2. The molecule has 5 nitrogen and oxygen atoms in total. The highest BCUT2D eigenvalue weighted by Crippen LogP contribution is 2.38. The number of rotatable bonds is 5. The summed E-state index contributed by atoms with van der Waals surface area (Å²) in [5.41, 5.74) is 1.09. The summed E-state index contributed by atoms with van der Waals surface area (Å²) in [6, 6.07) is 9.92.